The summed E-state index contributed by atoms with van der Waals surface area (Å²) in [4.78, 5) is 12.1. The van der Waals surface area contributed by atoms with Gasteiger partial charge >= 0.3 is 0 Å². The monoisotopic (exact) mass is 262 g/mol. The van der Waals surface area contributed by atoms with E-state index in [0.717, 1.165) is 11.3 Å². The van der Waals surface area contributed by atoms with E-state index in [1.807, 2.05) is 24.3 Å². The molecule has 3 heteroatoms. The van der Waals surface area contributed by atoms with Crippen LogP contribution < -0.4 is 11.1 Å². The van der Waals surface area contributed by atoms with Crippen LogP contribution in [0.3, 0.4) is 0 Å². The van der Waals surface area contributed by atoms with Crippen molar-refractivity contribution < 1.29 is 4.79 Å². The first-order valence-corrected chi connectivity index (χ1v) is 6.87. The molecule has 1 aromatic rings. The van der Waals surface area contributed by atoms with Gasteiger partial charge in [-0.05, 0) is 29.4 Å². The Balaban J connectivity index is 2.86. The number of nitrogens with one attached hydrogen (secondary N) is 1. The number of carbonyl (C=O) groups is 1. The summed E-state index contributed by atoms with van der Waals surface area (Å²) in [6.07, 6.45) is 0.698. The molecular formula is C16H26N2O. The van der Waals surface area contributed by atoms with Gasteiger partial charge in [0.05, 0.1) is 6.04 Å². The Bertz CT molecular complexity index is 433. The molecule has 3 nitrogen and oxygen atoms in total. The van der Waals surface area contributed by atoms with Crippen molar-refractivity contribution >= 4 is 11.6 Å². The summed E-state index contributed by atoms with van der Waals surface area (Å²) < 4.78 is 0. The van der Waals surface area contributed by atoms with Crippen molar-refractivity contribution in [1.82, 2.24) is 0 Å². The highest BCUT2D eigenvalue weighted by molar-refractivity contribution is 5.95. The average molecular weight is 262 g/mol. The first-order valence-electron chi connectivity index (χ1n) is 6.87. The van der Waals surface area contributed by atoms with Crippen LogP contribution in [0.2, 0.25) is 0 Å². The Hall–Kier alpha value is -1.35. The number of nitrogens with two attached hydrogens (primary N) is 1. The Morgan fingerprint density at radius 3 is 2.37 bits per heavy atom. The summed E-state index contributed by atoms with van der Waals surface area (Å²) in [5.74, 6) is 0.309. The Morgan fingerprint density at radius 2 is 1.84 bits per heavy atom. The summed E-state index contributed by atoms with van der Waals surface area (Å²) in [5.41, 5.74) is 7.89. The van der Waals surface area contributed by atoms with Crippen LogP contribution in [0, 0.1) is 5.92 Å². The molecule has 1 amide bonds. The van der Waals surface area contributed by atoms with Crippen LogP contribution >= 0.6 is 0 Å². The zero-order chi connectivity index (χ0) is 14.6. The summed E-state index contributed by atoms with van der Waals surface area (Å²) in [5, 5.41) is 2.96. The van der Waals surface area contributed by atoms with E-state index in [4.69, 9.17) is 5.73 Å². The van der Waals surface area contributed by atoms with E-state index in [-0.39, 0.29) is 11.3 Å². The number of para-hydroxylation sites is 1. The van der Waals surface area contributed by atoms with Crippen molar-refractivity contribution in [2.75, 3.05) is 5.32 Å². The lowest BCUT2D eigenvalue weighted by molar-refractivity contribution is -0.117. The molecule has 0 heterocycles. The van der Waals surface area contributed by atoms with E-state index in [0.29, 0.717) is 12.3 Å². The minimum absolute atomic E-state index is 0.00792. The van der Waals surface area contributed by atoms with E-state index < -0.39 is 6.04 Å². The fourth-order valence-corrected chi connectivity index (χ4v) is 2.09. The molecule has 0 aromatic heterocycles. The molecule has 1 rings (SSSR count). The molecule has 0 spiro atoms. The third kappa shape index (κ3) is 4.67. The van der Waals surface area contributed by atoms with Gasteiger partial charge in [-0.2, -0.15) is 0 Å². The standard InChI is InChI=1S/C16H26N2O/c1-11(2)10-13(17)15(19)18-14-9-7-6-8-12(14)16(3,4)5/h6-9,11,13H,10,17H2,1-5H3,(H,18,19)/t13-/m0/s1. The van der Waals surface area contributed by atoms with E-state index >= 15 is 0 Å². The minimum atomic E-state index is -0.451. The third-order valence-corrected chi connectivity index (χ3v) is 3.06. The van der Waals surface area contributed by atoms with Gasteiger partial charge in [0.15, 0.2) is 0 Å². The van der Waals surface area contributed by atoms with Crippen LogP contribution in [0.5, 0.6) is 0 Å². The van der Waals surface area contributed by atoms with Crippen molar-refractivity contribution in [3.05, 3.63) is 29.8 Å². The number of amides is 1. The van der Waals surface area contributed by atoms with Crippen molar-refractivity contribution in [2.45, 2.75) is 52.5 Å². The average Bonchev–Trinajstić information content (AvgIpc) is 2.27. The molecule has 19 heavy (non-hydrogen) atoms. The molecule has 1 atom stereocenters. The molecule has 0 aliphatic heterocycles. The van der Waals surface area contributed by atoms with Gasteiger partial charge in [-0.15, -0.1) is 0 Å². The van der Waals surface area contributed by atoms with Gasteiger partial charge in [0.1, 0.15) is 0 Å². The second-order valence-electron chi connectivity index (χ2n) is 6.52. The van der Waals surface area contributed by atoms with Gasteiger partial charge in [-0.25, -0.2) is 0 Å². The first-order chi connectivity index (χ1) is 8.71. The summed E-state index contributed by atoms with van der Waals surface area (Å²) >= 11 is 0. The van der Waals surface area contributed by atoms with Crippen LogP contribution in [0.4, 0.5) is 5.69 Å². The molecule has 0 saturated carbocycles. The molecule has 0 radical (unpaired) electrons. The smallest absolute Gasteiger partial charge is 0.241 e. The Labute approximate surface area is 116 Å². The zero-order valence-corrected chi connectivity index (χ0v) is 12.7. The maximum atomic E-state index is 12.1. The van der Waals surface area contributed by atoms with Crippen molar-refractivity contribution in [2.24, 2.45) is 11.7 Å². The largest absolute Gasteiger partial charge is 0.324 e. The topological polar surface area (TPSA) is 55.1 Å². The van der Waals surface area contributed by atoms with Gasteiger partial charge in [-0.3, -0.25) is 4.79 Å². The van der Waals surface area contributed by atoms with Crippen LogP contribution in [0.25, 0.3) is 0 Å². The SMILES string of the molecule is CC(C)C[C@H](N)C(=O)Nc1ccccc1C(C)(C)C. The highest BCUT2D eigenvalue weighted by atomic mass is 16.2. The fourth-order valence-electron chi connectivity index (χ4n) is 2.09. The molecule has 0 saturated heterocycles. The number of hydrogen-bond acceptors (Lipinski definition) is 2. The molecule has 3 N–H and O–H groups in total. The van der Waals surface area contributed by atoms with Gasteiger partial charge in [-0.1, -0.05) is 52.8 Å². The first kappa shape index (κ1) is 15.7. The lowest BCUT2D eigenvalue weighted by atomic mass is 9.85. The van der Waals surface area contributed by atoms with Crippen molar-refractivity contribution in [1.29, 1.82) is 0 Å². The second kappa shape index (κ2) is 6.20. The van der Waals surface area contributed by atoms with Gasteiger partial charge in [0, 0.05) is 5.69 Å². The van der Waals surface area contributed by atoms with E-state index in [2.05, 4.69) is 39.9 Å². The quantitative estimate of drug-likeness (QED) is 0.874. The fraction of sp³-hybridized carbons (Fsp3) is 0.562. The van der Waals surface area contributed by atoms with Crippen LogP contribution in [-0.4, -0.2) is 11.9 Å². The Morgan fingerprint density at radius 1 is 1.26 bits per heavy atom. The second-order valence-corrected chi connectivity index (χ2v) is 6.52. The molecule has 0 bridgehead atoms. The zero-order valence-electron chi connectivity index (χ0n) is 12.7. The van der Waals surface area contributed by atoms with Gasteiger partial charge in [0.2, 0.25) is 5.91 Å². The maximum Gasteiger partial charge on any atom is 0.241 e. The minimum Gasteiger partial charge on any atom is -0.324 e. The predicted molar refractivity (Wildman–Crippen MR) is 81.2 cm³/mol. The highest BCUT2D eigenvalue weighted by Gasteiger charge is 2.20. The molecule has 0 aliphatic rings. The Kier molecular flexibility index (Phi) is 5.12. The van der Waals surface area contributed by atoms with E-state index in [9.17, 15) is 4.79 Å². The van der Waals surface area contributed by atoms with Crippen molar-refractivity contribution in [3.63, 3.8) is 0 Å². The highest BCUT2D eigenvalue weighted by Crippen LogP contribution is 2.29. The van der Waals surface area contributed by atoms with E-state index in [1.54, 1.807) is 0 Å². The maximum absolute atomic E-state index is 12.1. The number of carbonyl (C=O) groups excluding carboxylic acids is 1. The van der Waals surface area contributed by atoms with Crippen molar-refractivity contribution in [3.8, 4) is 0 Å². The van der Waals surface area contributed by atoms with Gasteiger partial charge in [0.25, 0.3) is 0 Å². The molecule has 106 valence electrons. The molecular weight excluding hydrogens is 236 g/mol. The summed E-state index contributed by atoms with van der Waals surface area (Å²) in [6.45, 7) is 10.5. The molecule has 0 unspecified atom stereocenters. The molecule has 0 aliphatic carbocycles. The number of rotatable bonds is 4. The normalized spacial score (nSPS) is 13.4. The summed E-state index contributed by atoms with van der Waals surface area (Å²) in [6, 6.07) is 7.45. The van der Waals surface area contributed by atoms with Crippen LogP contribution in [-0.2, 0) is 10.2 Å². The lowest BCUT2D eigenvalue weighted by Crippen LogP contribution is -2.37. The molecule has 0 fully saturated rings. The lowest BCUT2D eigenvalue weighted by Gasteiger charge is -2.24. The number of anilines is 1. The third-order valence-electron chi connectivity index (χ3n) is 3.06. The van der Waals surface area contributed by atoms with E-state index in [1.165, 1.54) is 0 Å². The number of benzene rings is 1. The van der Waals surface area contributed by atoms with Crippen LogP contribution in [0.15, 0.2) is 24.3 Å². The summed E-state index contributed by atoms with van der Waals surface area (Å²) in [7, 11) is 0. The molecule has 1 aromatic carbocycles. The van der Waals surface area contributed by atoms with Gasteiger partial charge < -0.3 is 11.1 Å². The predicted octanol–water partition coefficient (Wildman–Crippen LogP) is 3.30. The number of hydrogen-bond donors (Lipinski definition) is 2. The van der Waals surface area contributed by atoms with Crippen LogP contribution in [0.1, 0.15) is 46.6 Å².